The second kappa shape index (κ2) is 16.8. The first-order valence-electron chi connectivity index (χ1n) is 12.9. The third-order valence-corrected chi connectivity index (χ3v) is 6.40. The van der Waals surface area contributed by atoms with Crippen LogP contribution in [0.25, 0.3) is 0 Å². The van der Waals surface area contributed by atoms with Crippen LogP contribution in [0.2, 0.25) is 0 Å². The van der Waals surface area contributed by atoms with Gasteiger partial charge in [0.2, 0.25) is 0 Å². The van der Waals surface area contributed by atoms with Gasteiger partial charge in [0.05, 0.1) is 25.3 Å². The van der Waals surface area contributed by atoms with Gasteiger partial charge in [-0.1, -0.05) is 0 Å². The van der Waals surface area contributed by atoms with Crippen LogP contribution in [-0.4, -0.2) is 142 Å². The molecule has 1 saturated heterocycles. The van der Waals surface area contributed by atoms with Crippen LogP contribution in [0.4, 0.5) is 0 Å². The van der Waals surface area contributed by atoms with E-state index in [1.165, 1.54) is 6.20 Å². The highest BCUT2D eigenvalue weighted by Crippen LogP contribution is 2.09. The smallest absolute Gasteiger partial charge is 0.317 e. The molecule has 1 fully saturated rings. The minimum absolute atomic E-state index is 0.00164. The number of carboxylic acid groups (broad SMARTS) is 3. The van der Waals surface area contributed by atoms with Crippen molar-refractivity contribution in [2.75, 3.05) is 78.5 Å². The van der Waals surface area contributed by atoms with Crippen LogP contribution < -0.4 is 5.73 Å². The molecule has 5 N–H and O–H groups in total. The zero-order valence-electron chi connectivity index (χ0n) is 21.8. The summed E-state index contributed by atoms with van der Waals surface area (Å²) in [6.45, 7) is 4.41. The first-order valence-corrected chi connectivity index (χ1v) is 12.9. The molecule has 0 saturated carbocycles. The topological polar surface area (TPSA) is 181 Å². The summed E-state index contributed by atoms with van der Waals surface area (Å²) in [6.07, 6.45) is 3.44. The van der Waals surface area contributed by atoms with Crippen molar-refractivity contribution in [2.24, 2.45) is 5.73 Å². The van der Waals surface area contributed by atoms with Crippen LogP contribution in [0, 0.1) is 0 Å². The Morgan fingerprint density at radius 1 is 0.842 bits per heavy atom. The van der Waals surface area contributed by atoms with E-state index in [-0.39, 0.29) is 32.0 Å². The Kier molecular flexibility index (Phi) is 13.8. The van der Waals surface area contributed by atoms with Crippen LogP contribution in [0.1, 0.15) is 35.3 Å². The number of hydrogen-bond acceptors (Lipinski definition) is 10. The molecule has 0 bridgehead atoms. The number of nitrogens with two attached hydrogens (primary N) is 1. The van der Waals surface area contributed by atoms with Gasteiger partial charge in [-0.3, -0.25) is 43.8 Å². The van der Waals surface area contributed by atoms with Gasteiger partial charge in [0.25, 0.3) is 0 Å². The van der Waals surface area contributed by atoms with Crippen molar-refractivity contribution in [3.63, 3.8) is 0 Å². The standard InChI is InChI=1S/C25H40N6O7/c26-6-2-1-3-22(32)20-4-5-21(27-15-20)16-31(19-25(37)38)14-9-28-7-10-29(17-23(33)34)12-13-30(11-8-28)18-24(35)36/h4-5,15H,1-3,6-14,16-19,26H2,(H,33,34)(H,35,36)(H,37,38). The second-order valence-electron chi connectivity index (χ2n) is 9.49. The third kappa shape index (κ3) is 12.5. The van der Waals surface area contributed by atoms with E-state index in [0.29, 0.717) is 76.6 Å². The molecule has 0 aliphatic carbocycles. The Morgan fingerprint density at radius 3 is 1.89 bits per heavy atom. The lowest BCUT2D eigenvalue weighted by Gasteiger charge is -2.28. The molecule has 0 atom stereocenters. The van der Waals surface area contributed by atoms with Crippen LogP contribution in [0.3, 0.4) is 0 Å². The maximum absolute atomic E-state index is 12.3. The fourth-order valence-electron chi connectivity index (χ4n) is 4.28. The third-order valence-electron chi connectivity index (χ3n) is 6.40. The molecule has 0 spiro atoms. The van der Waals surface area contributed by atoms with Crippen molar-refractivity contribution in [3.05, 3.63) is 29.6 Å². The lowest BCUT2D eigenvalue weighted by atomic mass is 10.1. The first kappa shape index (κ1) is 31.2. The summed E-state index contributed by atoms with van der Waals surface area (Å²) in [5.74, 6) is -2.85. The molecular formula is C25H40N6O7. The Morgan fingerprint density at radius 2 is 1.42 bits per heavy atom. The number of unbranched alkanes of at least 4 members (excludes halogenated alkanes) is 1. The van der Waals surface area contributed by atoms with E-state index < -0.39 is 17.9 Å². The van der Waals surface area contributed by atoms with Crippen molar-refractivity contribution >= 4 is 23.7 Å². The number of carbonyl (C=O) groups is 4. The maximum atomic E-state index is 12.3. The van der Waals surface area contributed by atoms with Gasteiger partial charge in [-0.25, -0.2) is 0 Å². The van der Waals surface area contributed by atoms with Gasteiger partial charge in [-0.2, -0.15) is 0 Å². The van der Waals surface area contributed by atoms with E-state index in [9.17, 15) is 34.5 Å². The molecule has 1 aliphatic heterocycles. The fraction of sp³-hybridized carbons (Fsp3) is 0.640. The van der Waals surface area contributed by atoms with E-state index in [2.05, 4.69) is 9.88 Å². The number of rotatable bonds is 16. The molecule has 13 nitrogen and oxygen atoms in total. The number of pyridine rings is 1. The highest BCUT2D eigenvalue weighted by Gasteiger charge is 2.20. The van der Waals surface area contributed by atoms with Crippen molar-refractivity contribution in [2.45, 2.75) is 25.8 Å². The van der Waals surface area contributed by atoms with Gasteiger partial charge in [0, 0.05) is 77.1 Å². The molecule has 13 heteroatoms. The Bertz CT molecular complexity index is 886. The van der Waals surface area contributed by atoms with Crippen LogP contribution >= 0.6 is 0 Å². The molecule has 1 aliphatic rings. The van der Waals surface area contributed by atoms with Crippen LogP contribution in [0.5, 0.6) is 0 Å². The molecule has 0 amide bonds. The van der Waals surface area contributed by atoms with Gasteiger partial charge >= 0.3 is 17.9 Å². The highest BCUT2D eigenvalue weighted by molar-refractivity contribution is 5.95. The number of aromatic nitrogens is 1. The quantitative estimate of drug-likeness (QED) is 0.155. The van der Waals surface area contributed by atoms with Gasteiger partial charge in [0.1, 0.15) is 0 Å². The largest absolute Gasteiger partial charge is 0.480 e. The van der Waals surface area contributed by atoms with Gasteiger partial charge in [-0.15, -0.1) is 0 Å². The minimum atomic E-state index is -0.971. The SMILES string of the molecule is NCCCCC(=O)c1ccc(CN(CCN2CCN(CC(=O)O)CCN(CC(=O)O)CC2)CC(=O)O)nc1. The number of hydrogen-bond donors (Lipinski definition) is 4. The number of carbonyl (C=O) groups excluding carboxylic acids is 1. The van der Waals surface area contributed by atoms with Crippen LogP contribution in [-0.2, 0) is 20.9 Å². The van der Waals surface area contributed by atoms with E-state index in [4.69, 9.17) is 5.73 Å². The number of Topliss-reactive ketones (excluding diaryl/α,β-unsaturated/α-hetero) is 1. The first-order chi connectivity index (χ1) is 18.2. The normalized spacial score (nSPS) is 16.1. The summed E-state index contributed by atoms with van der Waals surface area (Å²) in [5.41, 5.74) is 6.64. The number of nitrogens with zero attached hydrogens (tertiary/aromatic N) is 5. The Labute approximate surface area is 222 Å². The van der Waals surface area contributed by atoms with Crippen LogP contribution in [0.15, 0.2) is 18.3 Å². The summed E-state index contributed by atoms with van der Waals surface area (Å²) in [6, 6.07) is 3.45. The molecule has 1 aromatic rings. The second-order valence-corrected chi connectivity index (χ2v) is 9.49. The fourth-order valence-corrected chi connectivity index (χ4v) is 4.28. The van der Waals surface area contributed by atoms with Crippen molar-refractivity contribution in [3.8, 4) is 0 Å². The monoisotopic (exact) mass is 536 g/mol. The van der Waals surface area contributed by atoms with Gasteiger partial charge in [0.15, 0.2) is 5.78 Å². The predicted octanol–water partition coefficient (Wildman–Crippen LogP) is -0.631. The minimum Gasteiger partial charge on any atom is -0.480 e. The Balaban J connectivity index is 2.00. The summed E-state index contributed by atoms with van der Waals surface area (Å²) in [5, 5.41) is 27.9. The van der Waals surface area contributed by atoms with E-state index >= 15 is 0 Å². The lowest BCUT2D eigenvalue weighted by molar-refractivity contribution is -0.140. The molecule has 0 unspecified atom stereocenters. The van der Waals surface area contributed by atoms with Gasteiger partial charge in [-0.05, 0) is 31.5 Å². The van der Waals surface area contributed by atoms with E-state index in [1.807, 2.05) is 0 Å². The molecule has 2 rings (SSSR count). The van der Waals surface area contributed by atoms with E-state index in [1.54, 1.807) is 26.8 Å². The summed E-state index contributed by atoms with van der Waals surface area (Å²) < 4.78 is 0. The van der Waals surface area contributed by atoms with Crippen molar-refractivity contribution < 1.29 is 34.5 Å². The predicted molar refractivity (Wildman–Crippen MR) is 139 cm³/mol. The van der Waals surface area contributed by atoms with Crippen molar-refractivity contribution in [1.82, 2.24) is 24.6 Å². The lowest BCUT2D eigenvalue weighted by Crippen LogP contribution is -2.42. The molecule has 38 heavy (non-hydrogen) atoms. The molecule has 0 aromatic carbocycles. The molecule has 0 radical (unpaired) electrons. The average molecular weight is 537 g/mol. The number of ketones is 1. The molecule has 212 valence electrons. The highest BCUT2D eigenvalue weighted by atomic mass is 16.4. The van der Waals surface area contributed by atoms with Gasteiger partial charge < -0.3 is 21.1 Å². The summed E-state index contributed by atoms with van der Waals surface area (Å²) >= 11 is 0. The summed E-state index contributed by atoms with van der Waals surface area (Å²) in [7, 11) is 0. The number of carboxylic acids is 3. The maximum Gasteiger partial charge on any atom is 0.317 e. The van der Waals surface area contributed by atoms with E-state index in [0.717, 1.165) is 12.8 Å². The summed E-state index contributed by atoms with van der Waals surface area (Å²) in [4.78, 5) is 58.1. The molecule has 1 aromatic heterocycles. The van der Waals surface area contributed by atoms with Crippen molar-refractivity contribution in [1.29, 1.82) is 0 Å². The number of aliphatic carboxylic acids is 3. The average Bonchev–Trinajstić information content (AvgIpc) is 2.93. The Hall–Kier alpha value is -2.97. The zero-order chi connectivity index (χ0) is 27.9. The molecular weight excluding hydrogens is 496 g/mol. The molecule has 2 heterocycles. The zero-order valence-corrected chi connectivity index (χ0v) is 21.8.